The van der Waals surface area contributed by atoms with Gasteiger partial charge in [0.1, 0.15) is 0 Å². The summed E-state index contributed by atoms with van der Waals surface area (Å²) in [4.78, 5) is 12.1. The van der Waals surface area contributed by atoms with Gasteiger partial charge < -0.3 is 9.88 Å². The Hall–Kier alpha value is -1.94. The molecule has 1 fully saturated rings. The van der Waals surface area contributed by atoms with Crippen LogP contribution in [0.3, 0.4) is 0 Å². The molecule has 0 atom stereocenters. The molecule has 1 aromatic heterocycles. The van der Waals surface area contributed by atoms with Crippen LogP contribution >= 0.6 is 11.8 Å². The van der Waals surface area contributed by atoms with Crippen molar-refractivity contribution >= 4 is 23.7 Å². The van der Waals surface area contributed by atoms with Crippen LogP contribution in [0, 0.1) is 13.8 Å². The highest BCUT2D eigenvalue weighted by Gasteiger charge is 2.15. The number of para-hydroxylation sites is 1. The molecule has 0 unspecified atom stereocenters. The third-order valence-electron chi connectivity index (χ3n) is 4.47. The van der Waals surface area contributed by atoms with Gasteiger partial charge in [0, 0.05) is 29.2 Å². The highest BCUT2D eigenvalue weighted by Crippen LogP contribution is 2.22. The average molecular weight is 340 g/mol. The normalized spacial score (nSPS) is 15.8. The van der Waals surface area contributed by atoms with Crippen molar-refractivity contribution in [2.24, 2.45) is 0 Å². The zero-order valence-electron chi connectivity index (χ0n) is 14.3. The van der Waals surface area contributed by atoms with E-state index in [2.05, 4.69) is 41.9 Å². The number of aryl methyl sites for hydroxylation is 1. The predicted molar refractivity (Wildman–Crippen MR) is 103 cm³/mol. The van der Waals surface area contributed by atoms with Crippen LogP contribution in [0.4, 0.5) is 0 Å². The van der Waals surface area contributed by atoms with E-state index in [1.807, 2.05) is 36.0 Å². The number of aromatic nitrogens is 1. The van der Waals surface area contributed by atoms with Crippen molar-refractivity contribution in [3.8, 4) is 5.69 Å². The van der Waals surface area contributed by atoms with E-state index in [0.717, 1.165) is 41.3 Å². The van der Waals surface area contributed by atoms with Crippen LogP contribution in [-0.4, -0.2) is 28.0 Å². The lowest BCUT2D eigenvalue weighted by atomic mass is 10.1. The number of nitrogens with one attached hydrogen (secondary N) is 1. The van der Waals surface area contributed by atoms with Gasteiger partial charge in [0.25, 0.3) is 0 Å². The smallest absolute Gasteiger partial charge is 0.244 e. The van der Waals surface area contributed by atoms with Crippen molar-refractivity contribution in [3.63, 3.8) is 0 Å². The fourth-order valence-corrected chi connectivity index (χ4v) is 4.29. The molecule has 0 radical (unpaired) electrons. The molecule has 4 heteroatoms. The number of amides is 1. The van der Waals surface area contributed by atoms with Crippen molar-refractivity contribution in [1.29, 1.82) is 0 Å². The highest BCUT2D eigenvalue weighted by molar-refractivity contribution is 7.99. The van der Waals surface area contributed by atoms with Crippen molar-refractivity contribution in [2.75, 3.05) is 11.5 Å². The molecule has 1 N–H and O–H groups in total. The molecule has 1 aliphatic rings. The molecule has 2 heterocycles. The summed E-state index contributed by atoms with van der Waals surface area (Å²) < 4.78 is 2.22. The van der Waals surface area contributed by atoms with Crippen molar-refractivity contribution in [1.82, 2.24) is 9.88 Å². The summed E-state index contributed by atoms with van der Waals surface area (Å²) >= 11 is 1.97. The zero-order chi connectivity index (χ0) is 16.9. The minimum atomic E-state index is 0.0106. The van der Waals surface area contributed by atoms with E-state index in [4.69, 9.17) is 0 Å². The molecule has 0 spiro atoms. The monoisotopic (exact) mass is 340 g/mol. The first-order chi connectivity index (χ1) is 11.6. The predicted octanol–water partition coefficient (Wildman–Crippen LogP) is 4.12. The number of carbonyl (C=O) groups is 1. The summed E-state index contributed by atoms with van der Waals surface area (Å²) in [6, 6.07) is 12.8. The lowest BCUT2D eigenvalue weighted by Crippen LogP contribution is -2.36. The lowest BCUT2D eigenvalue weighted by Gasteiger charge is -2.21. The van der Waals surface area contributed by atoms with E-state index in [-0.39, 0.29) is 5.91 Å². The largest absolute Gasteiger partial charge is 0.350 e. The lowest BCUT2D eigenvalue weighted by molar-refractivity contribution is -0.117. The van der Waals surface area contributed by atoms with Crippen molar-refractivity contribution in [2.45, 2.75) is 32.7 Å². The Labute approximate surface area is 148 Å². The van der Waals surface area contributed by atoms with Gasteiger partial charge in [-0.05, 0) is 68.0 Å². The first kappa shape index (κ1) is 16.9. The fraction of sp³-hybridized carbons (Fsp3) is 0.350. The summed E-state index contributed by atoms with van der Waals surface area (Å²) in [6.07, 6.45) is 5.74. The number of carbonyl (C=O) groups excluding carboxylic acids is 1. The SMILES string of the molecule is Cc1cc(/C=C/C(=O)NC2CCSCC2)c(C)n1-c1ccccc1. The van der Waals surface area contributed by atoms with E-state index in [1.54, 1.807) is 6.08 Å². The van der Waals surface area contributed by atoms with Gasteiger partial charge in [0.2, 0.25) is 5.91 Å². The summed E-state index contributed by atoms with van der Waals surface area (Å²) in [7, 11) is 0. The Balaban J connectivity index is 1.72. The molecule has 1 aliphatic heterocycles. The molecule has 3 nitrogen and oxygen atoms in total. The second kappa shape index (κ2) is 7.75. The van der Waals surface area contributed by atoms with Crippen LogP contribution in [0.5, 0.6) is 0 Å². The minimum Gasteiger partial charge on any atom is -0.350 e. The first-order valence-corrected chi connectivity index (χ1v) is 9.61. The topological polar surface area (TPSA) is 34.0 Å². The molecular formula is C20H24N2OS. The van der Waals surface area contributed by atoms with Gasteiger partial charge in [-0.15, -0.1) is 0 Å². The van der Waals surface area contributed by atoms with Gasteiger partial charge in [-0.25, -0.2) is 0 Å². The molecular weight excluding hydrogens is 316 g/mol. The molecule has 1 aromatic carbocycles. The maximum Gasteiger partial charge on any atom is 0.244 e. The molecule has 0 bridgehead atoms. The van der Waals surface area contributed by atoms with Crippen LogP contribution in [0.25, 0.3) is 11.8 Å². The highest BCUT2D eigenvalue weighted by atomic mass is 32.2. The average Bonchev–Trinajstić information content (AvgIpc) is 2.88. The number of rotatable bonds is 4. The minimum absolute atomic E-state index is 0.0106. The Morgan fingerprint density at radius 1 is 1.21 bits per heavy atom. The Morgan fingerprint density at radius 2 is 1.92 bits per heavy atom. The second-order valence-electron chi connectivity index (χ2n) is 6.23. The molecule has 3 rings (SSSR count). The van der Waals surface area contributed by atoms with Crippen LogP contribution < -0.4 is 5.32 Å². The first-order valence-electron chi connectivity index (χ1n) is 8.46. The van der Waals surface area contributed by atoms with Gasteiger partial charge in [-0.3, -0.25) is 4.79 Å². The maximum absolute atomic E-state index is 12.1. The number of thioether (sulfide) groups is 1. The van der Waals surface area contributed by atoms with Gasteiger partial charge in [0.05, 0.1) is 0 Å². The Bertz CT molecular complexity index is 728. The van der Waals surface area contributed by atoms with E-state index in [9.17, 15) is 4.79 Å². The summed E-state index contributed by atoms with van der Waals surface area (Å²) in [5.41, 5.74) is 4.56. The molecule has 1 amide bonds. The Morgan fingerprint density at radius 3 is 2.62 bits per heavy atom. The number of benzene rings is 1. The van der Waals surface area contributed by atoms with Crippen LogP contribution in [0.1, 0.15) is 29.8 Å². The van der Waals surface area contributed by atoms with Crippen molar-refractivity contribution < 1.29 is 4.79 Å². The Kier molecular flexibility index (Phi) is 5.46. The molecule has 0 aliphatic carbocycles. The van der Waals surface area contributed by atoms with Gasteiger partial charge in [-0.1, -0.05) is 18.2 Å². The van der Waals surface area contributed by atoms with Gasteiger partial charge in [-0.2, -0.15) is 11.8 Å². The van der Waals surface area contributed by atoms with Gasteiger partial charge >= 0.3 is 0 Å². The summed E-state index contributed by atoms with van der Waals surface area (Å²) in [6.45, 7) is 4.19. The summed E-state index contributed by atoms with van der Waals surface area (Å²) in [5, 5.41) is 3.12. The molecule has 1 saturated heterocycles. The van der Waals surface area contributed by atoms with Crippen LogP contribution in [0.15, 0.2) is 42.5 Å². The van der Waals surface area contributed by atoms with Crippen LogP contribution in [-0.2, 0) is 4.79 Å². The zero-order valence-corrected chi connectivity index (χ0v) is 15.1. The van der Waals surface area contributed by atoms with E-state index < -0.39 is 0 Å². The molecule has 24 heavy (non-hydrogen) atoms. The van der Waals surface area contributed by atoms with E-state index >= 15 is 0 Å². The number of hydrogen-bond acceptors (Lipinski definition) is 2. The third-order valence-corrected chi connectivity index (χ3v) is 5.52. The van der Waals surface area contributed by atoms with Gasteiger partial charge in [0.15, 0.2) is 0 Å². The van der Waals surface area contributed by atoms with Crippen molar-refractivity contribution in [3.05, 3.63) is 59.4 Å². The molecule has 2 aromatic rings. The second-order valence-corrected chi connectivity index (χ2v) is 7.45. The van der Waals surface area contributed by atoms with Crippen LogP contribution in [0.2, 0.25) is 0 Å². The number of nitrogens with zero attached hydrogens (tertiary/aromatic N) is 1. The van der Waals surface area contributed by atoms with E-state index in [0.29, 0.717) is 6.04 Å². The molecule has 126 valence electrons. The third kappa shape index (κ3) is 3.93. The standard InChI is InChI=1S/C20H24N2OS/c1-15-14-17(16(2)22(15)19-6-4-3-5-7-19)8-9-20(23)21-18-10-12-24-13-11-18/h3-9,14,18H,10-13H2,1-2H3,(H,21,23)/b9-8+. The maximum atomic E-state index is 12.1. The van der Waals surface area contributed by atoms with E-state index in [1.165, 1.54) is 5.69 Å². The summed E-state index contributed by atoms with van der Waals surface area (Å²) in [5.74, 6) is 2.30. The molecule has 0 saturated carbocycles. The fourth-order valence-electron chi connectivity index (χ4n) is 3.19. The quantitative estimate of drug-likeness (QED) is 0.850. The number of hydrogen-bond donors (Lipinski definition) is 1.